The van der Waals surface area contributed by atoms with E-state index >= 15 is 0 Å². The van der Waals surface area contributed by atoms with E-state index in [-0.39, 0.29) is 0 Å². The molecule has 0 spiro atoms. The van der Waals surface area contributed by atoms with Crippen LogP contribution in [0.5, 0.6) is 0 Å². The summed E-state index contributed by atoms with van der Waals surface area (Å²) in [6.07, 6.45) is 0. The van der Waals surface area contributed by atoms with Crippen molar-refractivity contribution >= 4 is 26.5 Å². The topological polar surface area (TPSA) is 64.4 Å². The van der Waals surface area contributed by atoms with E-state index in [0.717, 1.165) is 16.5 Å². The van der Waals surface area contributed by atoms with E-state index in [1.807, 2.05) is 42.5 Å². The third-order valence-corrected chi connectivity index (χ3v) is 6.85. The molecule has 3 aromatic carbocycles. The number of hydrogen-bond donors (Lipinski definition) is 0. The maximum Gasteiger partial charge on any atom is 0.243 e. The summed E-state index contributed by atoms with van der Waals surface area (Å²) in [6, 6.07) is 22.5. The lowest BCUT2D eigenvalue weighted by molar-refractivity contribution is 0.385. The van der Waals surface area contributed by atoms with Gasteiger partial charge in [0.1, 0.15) is 0 Å². The molecule has 0 saturated carbocycles. The third-order valence-electron chi connectivity index (χ3n) is 4.96. The standard InChI is InChI=1S/C21H19N3O2S/c22-16-17-5-8-20(9-6-17)23-11-13-24(14-12-23)27(25,26)21-10-7-18-3-1-2-4-19(18)15-21/h1-10,15H,11-14H2. The molecule has 136 valence electrons. The zero-order valence-corrected chi connectivity index (χ0v) is 15.6. The number of nitriles is 1. The van der Waals surface area contributed by atoms with Crippen molar-refractivity contribution in [1.29, 1.82) is 5.26 Å². The lowest BCUT2D eigenvalue weighted by Gasteiger charge is -2.35. The van der Waals surface area contributed by atoms with Crippen molar-refractivity contribution in [2.75, 3.05) is 31.1 Å². The van der Waals surface area contributed by atoms with Crippen molar-refractivity contribution < 1.29 is 8.42 Å². The number of anilines is 1. The fourth-order valence-corrected chi connectivity index (χ4v) is 4.87. The van der Waals surface area contributed by atoms with Gasteiger partial charge in [-0.1, -0.05) is 30.3 Å². The van der Waals surface area contributed by atoms with Crippen LogP contribution in [0.1, 0.15) is 5.56 Å². The van der Waals surface area contributed by atoms with Crippen LogP contribution in [0.25, 0.3) is 10.8 Å². The first-order valence-corrected chi connectivity index (χ1v) is 10.3. The van der Waals surface area contributed by atoms with E-state index in [9.17, 15) is 8.42 Å². The van der Waals surface area contributed by atoms with Crippen LogP contribution in [0.4, 0.5) is 5.69 Å². The molecule has 0 bridgehead atoms. The average molecular weight is 377 g/mol. The fraction of sp³-hybridized carbons (Fsp3) is 0.190. The second kappa shape index (κ2) is 7.03. The van der Waals surface area contributed by atoms with Gasteiger partial charge in [-0.3, -0.25) is 0 Å². The van der Waals surface area contributed by atoms with Gasteiger partial charge >= 0.3 is 0 Å². The number of piperazine rings is 1. The molecular weight excluding hydrogens is 358 g/mol. The summed E-state index contributed by atoms with van der Waals surface area (Å²) in [7, 11) is -3.51. The normalized spacial score (nSPS) is 15.6. The summed E-state index contributed by atoms with van der Waals surface area (Å²) in [5, 5.41) is 10.9. The van der Waals surface area contributed by atoms with Gasteiger partial charge in [-0.25, -0.2) is 8.42 Å². The summed E-state index contributed by atoms with van der Waals surface area (Å²) in [5.41, 5.74) is 1.63. The maximum absolute atomic E-state index is 13.0. The molecule has 6 heteroatoms. The molecule has 0 atom stereocenters. The first kappa shape index (κ1) is 17.5. The number of fused-ring (bicyclic) bond motifs is 1. The van der Waals surface area contributed by atoms with Crippen LogP contribution in [-0.2, 0) is 10.0 Å². The van der Waals surface area contributed by atoms with E-state index in [1.54, 1.807) is 28.6 Å². The van der Waals surface area contributed by atoms with Crippen molar-refractivity contribution in [3.05, 3.63) is 72.3 Å². The quantitative estimate of drug-likeness (QED) is 0.703. The first-order valence-electron chi connectivity index (χ1n) is 8.82. The zero-order valence-electron chi connectivity index (χ0n) is 14.7. The lowest BCUT2D eigenvalue weighted by Crippen LogP contribution is -2.48. The van der Waals surface area contributed by atoms with E-state index in [2.05, 4.69) is 11.0 Å². The molecule has 4 rings (SSSR count). The van der Waals surface area contributed by atoms with Gasteiger partial charge in [-0.05, 0) is 47.2 Å². The minimum absolute atomic E-state index is 0.341. The van der Waals surface area contributed by atoms with E-state index < -0.39 is 10.0 Å². The fourth-order valence-electron chi connectivity index (χ4n) is 3.41. The summed E-state index contributed by atoms with van der Waals surface area (Å²) in [6.45, 7) is 2.13. The Kier molecular flexibility index (Phi) is 4.56. The molecule has 0 N–H and O–H groups in total. The highest BCUT2D eigenvalue weighted by molar-refractivity contribution is 7.89. The Bertz CT molecular complexity index is 1110. The van der Waals surface area contributed by atoms with Gasteiger partial charge in [0.25, 0.3) is 0 Å². The monoisotopic (exact) mass is 377 g/mol. The average Bonchev–Trinajstić information content (AvgIpc) is 2.73. The zero-order chi connectivity index (χ0) is 18.9. The number of sulfonamides is 1. The van der Waals surface area contributed by atoms with Crippen LogP contribution < -0.4 is 4.90 Å². The smallest absolute Gasteiger partial charge is 0.243 e. The molecule has 0 aliphatic carbocycles. The molecule has 1 fully saturated rings. The number of nitrogens with zero attached hydrogens (tertiary/aromatic N) is 3. The van der Waals surface area contributed by atoms with Gasteiger partial charge in [0, 0.05) is 31.9 Å². The summed E-state index contributed by atoms with van der Waals surface area (Å²) in [5.74, 6) is 0. The Balaban J connectivity index is 1.51. The Morgan fingerprint density at radius 2 is 1.48 bits per heavy atom. The first-order chi connectivity index (χ1) is 13.1. The predicted molar refractivity (Wildman–Crippen MR) is 106 cm³/mol. The number of benzene rings is 3. The molecule has 1 saturated heterocycles. The minimum atomic E-state index is -3.51. The highest BCUT2D eigenvalue weighted by Crippen LogP contribution is 2.24. The molecule has 1 heterocycles. The van der Waals surface area contributed by atoms with Gasteiger partial charge in [-0.2, -0.15) is 9.57 Å². The van der Waals surface area contributed by atoms with Gasteiger partial charge in [-0.15, -0.1) is 0 Å². The van der Waals surface area contributed by atoms with Gasteiger partial charge in [0.2, 0.25) is 10.0 Å². The second-order valence-electron chi connectivity index (χ2n) is 6.56. The maximum atomic E-state index is 13.0. The van der Waals surface area contributed by atoms with E-state index in [0.29, 0.717) is 36.6 Å². The molecule has 0 amide bonds. The van der Waals surface area contributed by atoms with Crippen LogP contribution in [-0.4, -0.2) is 38.9 Å². The highest BCUT2D eigenvalue weighted by atomic mass is 32.2. The molecule has 0 radical (unpaired) electrons. The summed E-state index contributed by atoms with van der Waals surface area (Å²) >= 11 is 0. The minimum Gasteiger partial charge on any atom is -0.369 e. The molecule has 1 aliphatic rings. The molecule has 0 unspecified atom stereocenters. The van der Waals surface area contributed by atoms with Crippen LogP contribution in [0, 0.1) is 11.3 Å². The predicted octanol–water partition coefficient (Wildman–Crippen LogP) is 3.22. The van der Waals surface area contributed by atoms with Gasteiger partial charge < -0.3 is 4.90 Å². The summed E-state index contributed by atoms with van der Waals surface area (Å²) in [4.78, 5) is 2.49. The molecule has 5 nitrogen and oxygen atoms in total. The van der Waals surface area contributed by atoms with Gasteiger partial charge in [0.05, 0.1) is 16.5 Å². The lowest BCUT2D eigenvalue weighted by atomic mass is 10.1. The van der Waals surface area contributed by atoms with Crippen molar-refractivity contribution in [3.8, 4) is 6.07 Å². The Morgan fingerprint density at radius 3 is 2.15 bits per heavy atom. The largest absolute Gasteiger partial charge is 0.369 e. The van der Waals surface area contributed by atoms with Crippen molar-refractivity contribution in [2.45, 2.75) is 4.90 Å². The highest BCUT2D eigenvalue weighted by Gasteiger charge is 2.28. The molecule has 1 aliphatic heterocycles. The van der Waals surface area contributed by atoms with Crippen molar-refractivity contribution in [1.82, 2.24) is 4.31 Å². The number of rotatable bonds is 3. The summed E-state index contributed by atoms with van der Waals surface area (Å²) < 4.78 is 27.6. The Hall–Kier alpha value is -2.88. The molecule has 3 aromatic rings. The SMILES string of the molecule is N#Cc1ccc(N2CCN(S(=O)(=O)c3ccc4ccccc4c3)CC2)cc1. The van der Waals surface area contributed by atoms with Crippen LogP contribution in [0.15, 0.2) is 71.6 Å². The third kappa shape index (κ3) is 3.39. The number of hydrogen-bond acceptors (Lipinski definition) is 4. The van der Waals surface area contributed by atoms with E-state index in [1.165, 1.54) is 0 Å². The van der Waals surface area contributed by atoms with Gasteiger partial charge in [0.15, 0.2) is 0 Å². The van der Waals surface area contributed by atoms with E-state index in [4.69, 9.17) is 5.26 Å². The second-order valence-corrected chi connectivity index (χ2v) is 8.50. The Labute approximate surface area is 159 Å². The Morgan fingerprint density at radius 1 is 0.815 bits per heavy atom. The molecular formula is C21H19N3O2S. The van der Waals surface area contributed by atoms with Crippen LogP contribution in [0.3, 0.4) is 0 Å². The molecule has 0 aromatic heterocycles. The molecule has 27 heavy (non-hydrogen) atoms. The van der Waals surface area contributed by atoms with Crippen molar-refractivity contribution in [2.24, 2.45) is 0 Å². The van der Waals surface area contributed by atoms with Crippen LogP contribution in [0.2, 0.25) is 0 Å². The van der Waals surface area contributed by atoms with Crippen LogP contribution >= 0.6 is 0 Å². The van der Waals surface area contributed by atoms with Crippen molar-refractivity contribution in [3.63, 3.8) is 0 Å².